The molecule has 0 aromatic carbocycles. The molecule has 3 amide bonds. The molecule has 11 heavy (non-hydrogen) atoms. The number of amides is 3. The van der Waals surface area contributed by atoms with Crippen LogP contribution in [0.4, 0.5) is 4.79 Å². The summed E-state index contributed by atoms with van der Waals surface area (Å²) in [4.78, 5) is 21.6. The first-order chi connectivity index (χ1) is 5.24. The lowest BCUT2D eigenvalue weighted by molar-refractivity contribution is -0.124. The predicted octanol–water partition coefficient (Wildman–Crippen LogP) is -0.547. The molecule has 0 aliphatic carbocycles. The van der Waals surface area contributed by atoms with Gasteiger partial charge < -0.3 is 5.32 Å². The van der Waals surface area contributed by atoms with Crippen LogP contribution in [0.1, 0.15) is 13.3 Å². The summed E-state index contributed by atoms with van der Waals surface area (Å²) in [5.41, 5.74) is 2.46. The summed E-state index contributed by atoms with van der Waals surface area (Å²) >= 11 is 0. The van der Waals surface area contributed by atoms with E-state index in [1.807, 2.05) is 0 Å². The average molecular weight is 157 g/mol. The molecule has 0 aromatic rings. The topological polar surface area (TPSA) is 61.4 Å². The molecule has 5 heteroatoms. The summed E-state index contributed by atoms with van der Waals surface area (Å²) in [7, 11) is 0. The van der Waals surface area contributed by atoms with E-state index >= 15 is 0 Å². The second-order valence-electron chi connectivity index (χ2n) is 2.27. The van der Waals surface area contributed by atoms with Crippen molar-refractivity contribution in [1.82, 2.24) is 15.8 Å². The molecule has 1 aliphatic heterocycles. The highest BCUT2D eigenvalue weighted by Crippen LogP contribution is 1.91. The van der Waals surface area contributed by atoms with Crippen molar-refractivity contribution in [3.63, 3.8) is 0 Å². The number of hydrazine groups is 1. The van der Waals surface area contributed by atoms with E-state index in [0.717, 1.165) is 0 Å². The zero-order valence-electron chi connectivity index (χ0n) is 6.39. The average Bonchev–Trinajstić information content (AvgIpc) is 2.37. The third-order valence-corrected chi connectivity index (χ3v) is 1.44. The van der Waals surface area contributed by atoms with Crippen molar-refractivity contribution in [1.29, 1.82) is 0 Å². The Balaban J connectivity index is 2.36. The lowest BCUT2D eigenvalue weighted by Gasteiger charge is -2.13. The van der Waals surface area contributed by atoms with Crippen LogP contribution in [0.15, 0.2) is 0 Å². The zero-order chi connectivity index (χ0) is 8.27. The third-order valence-electron chi connectivity index (χ3n) is 1.44. The molecule has 1 rings (SSSR count). The summed E-state index contributed by atoms with van der Waals surface area (Å²) in [6.07, 6.45) is 0.393. The van der Waals surface area contributed by atoms with Gasteiger partial charge in [0.2, 0.25) is 5.91 Å². The second kappa shape index (κ2) is 3.23. The standard InChI is InChI=1S/C6H11N3O2/c1-2-5(10)8-9-4-3-7-6(9)11/h2-4H2,1H3,(H,7,11)(H,8,10). The fraction of sp³-hybridized carbons (Fsp3) is 0.667. The number of urea groups is 1. The van der Waals surface area contributed by atoms with Crippen molar-refractivity contribution in [2.24, 2.45) is 0 Å². The number of carbonyl (C=O) groups excluding carboxylic acids is 2. The molecule has 2 N–H and O–H groups in total. The van der Waals surface area contributed by atoms with Crippen molar-refractivity contribution >= 4 is 11.9 Å². The van der Waals surface area contributed by atoms with Gasteiger partial charge in [-0.15, -0.1) is 0 Å². The maximum atomic E-state index is 10.8. The molecule has 62 valence electrons. The van der Waals surface area contributed by atoms with Crippen LogP contribution in [0.2, 0.25) is 0 Å². The third kappa shape index (κ3) is 1.83. The van der Waals surface area contributed by atoms with Crippen LogP contribution in [0.25, 0.3) is 0 Å². The SMILES string of the molecule is CCC(=O)NN1CCNC1=O. The van der Waals surface area contributed by atoms with E-state index in [0.29, 0.717) is 19.5 Å². The Hall–Kier alpha value is -1.26. The minimum Gasteiger partial charge on any atom is -0.335 e. The number of rotatable bonds is 2. The van der Waals surface area contributed by atoms with Crippen molar-refractivity contribution in [2.75, 3.05) is 13.1 Å². The van der Waals surface area contributed by atoms with Gasteiger partial charge in [0.15, 0.2) is 0 Å². The van der Waals surface area contributed by atoms with Gasteiger partial charge in [0, 0.05) is 13.0 Å². The summed E-state index contributed by atoms with van der Waals surface area (Å²) in [6.45, 7) is 2.89. The maximum absolute atomic E-state index is 10.8. The molecule has 5 nitrogen and oxygen atoms in total. The van der Waals surface area contributed by atoms with Crippen LogP contribution in [-0.4, -0.2) is 30.0 Å². The first-order valence-electron chi connectivity index (χ1n) is 3.59. The van der Waals surface area contributed by atoms with Crippen LogP contribution < -0.4 is 10.7 Å². The number of hydrogen-bond donors (Lipinski definition) is 2. The quantitative estimate of drug-likeness (QED) is 0.565. The van der Waals surface area contributed by atoms with E-state index in [4.69, 9.17) is 0 Å². The summed E-state index contributed by atoms with van der Waals surface area (Å²) in [6, 6.07) is -0.230. The van der Waals surface area contributed by atoms with Crippen LogP contribution in [0.3, 0.4) is 0 Å². The van der Waals surface area contributed by atoms with E-state index in [2.05, 4.69) is 10.7 Å². The minimum atomic E-state index is -0.230. The molecule has 0 atom stereocenters. The fourth-order valence-corrected chi connectivity index (χ4v) is 0.808. The maximum Gasteiger partial charge on any atom is 0.336 e. The first kappa shape index (κ1) is 7.84. The molecule has 1 saturated heterocycles. The molecule has 0 bridgehead atoms. The van der Waals surface area contributed by atoms with E-state index in [9.17, 15) is 9.59 Å². The summed E-state index contributed by atoms with van der Waals surface area (Å²) in [5.74, 6) is -0.137. The lowest BCUT2D eigenvalue weighted by atomic mass is 10.5. The molecule has 0 spiro atoms. The number of carbonyl (C=O) groups is 2. The Morgan fingerprint density at radius 3 is 3.00 bits per heavy atom. The van der Waals surface area contributed by atoms with Crippen molar-refractivity contribution < 1.29 is 9.59 Å². The highest BCUT2D eigenvalue weighted by molar-refractivity contribution is 5.82. The summed E-state index contributed by atoms with van der Waals surface area (Å²) in [5, 5.41) is 3.85. The molecule has 0 saturated carbocycles. The molecule has 1 aliphatic rings. The van der Waals surface area contributed by atoms with E-state index < -0.39 is 0 Å². The number of hydrogen-bond acceptors (Lipinski definition) is 2. The molecular formula is C6H11N3O2. The van der Waals surface area contributed by atoms with Gasteiger partial charge in [-0.25, -0.2) is 9.80 Å². The molecule has 0 aromatic heterocycles. The Morgan fingerprint density at radius 2 is 2.55 bits per heavy atom. The van der Waals surface area contributed by atoms with Gasteiger partial charge in [-0.2, -0.15) is 0 Å². The largest absolute Gasteiger partial charge is 0.336 e. The van der Waals surface area contributed by atoms with Crippen molar-refractivity contribution in [3.8, 4) is 0 Å². The fourth-order valence-electron chi connectivity index (χ4n) is 0.808. The van der Waals surface area contributed by atoms with Crippen molar-refractivity contribution in [3.05, 3.63) is 0 Å². The van der Waals surface area contributed by atoms with Gasteiger partial charge >= 0.3 is 6.03 Å². The Bertz CT molecular complexity index is 181. The lowest BCUT2D eigenvalue weighted by Crippen LogP contribution is -2.43. The van der Waals surface area contributed by atoms with Gasteiger partial charge in [0.1, 0.15) is 0 Å². The van der Waals surface area contributed by atoms with Gasteiger partial charge in [-0.05, 0) is 0 Å². The number of nitrogens with one attached hydrogen (secondary N) is 2. The first-order valence-corrected chi connectivity index (χ1v) is 3.59. The molecule has 0 unspecified atom stereocenters. The Morgan fingerprint density at radius 1 is 1.82 bits per heavy atom. The van der Waals surface area contributed by atoms with E-state index in [1.54, 1.807) is 6.92 Å². The van der Waals surface area contributed by atoms with E-state index in [1.165, 1.54) is 5.01 Å². The Labute approximate surface area is 64.7 Å². The smallest absolute Gasteiger partial charge is 0.335 e. The van der Waals surface area contributed by atoms with Crippen LogP contribution in [0, 0.1) is 0 Å². The number of nitrogens with zero attached hydrogens (tertiary/aromatic N) is 1. The predicted molar refractivity (Wildman–Crippen MR) is 38.5 cm³/mol. The second-order valence-corrected chi connectivity index (χ2v) is 2.27. The molecule has 1 fully saturated rings. The Kier molecular flexibility index (Phi) is 2.30. The highest BCUT2D eigenvalue weighted by atomic mass is 16.2. The molecule has 1 heterocycles. The van der Waals surface area contributed by atoms with Crippen LogP contribution in [0.5, 0.6) is 0 Å². The monoisotopic (exact) mass is 157 g/mol. The highest BCUT2D eigenvalue weighted by Gasteiger charge is 2.20. The van der Waals surface area contributed by atoms with Gasteiger partial charge in [0.05, 0.1) is 6.54 Å². The zero-order valence-corrected chi connectivity index (χ0v) is 6.39. The van der Waals surface area contributed by atoms with Crippen molar-refractivity contribution in [2.45, 2.75) is 13.3 Å². The molecule has 0 radical (unpaired) electrons. The summed E-state index contributed by atoms with van der Waals surface area (Å²) < 4.78 is 0. The van der Waals surface area contributed by atoms with Crippen LogP contribution in [-0.2, 0) is 4.79 Å². The van der Waals surface area contributed by atoms with Gasteiger partial charge in [0.25, 0.3) is 0 Å². The normalized spacial score (nSPS) is 16.5. The minimum absolute atomic E-state index is 0.137. The van der Waals surface area contributed by atoms with Gasteiger partial charge in [-0.3, -0.25) is 10.2 Å². The molecular weight excluding hydrogens is 146 g/mol. The van der Waals surface area contributed by atoms with Crippen LogP contribution >= 0.6 is 0 Å². The van der Waals surface area contributed by atoms with E-state index in [-0.39, 0.29) is 11.9 Å². The van der Waals surface area contributed by atoms with Gasteiger partial charge in [-0.1, -0.05) is 6.92 Å².